The van der Waals surface area contributed by atoms with Crippen molar-refractivity contribution in [1.29, 1.82) is 0 Å². The van der Waals surface area contributed by atoms with E-state index in [1.165, 1.54) is 0 Å². The number of ether oxygens (including phenoxy) is 8. The molecule has 6 amide bonds. The first-order chi connectivity index (χ1) is 55.0. The molecule has 112 heavy (non-hydrogen) atoms. The van der Waals surface area contributed by atoms with Crippen LogP contribution in [0.15, 0.2) is 240 Å². The smallest absolute Gasteiger partial charge is 0.262 e. The Hall–Kier alpha value is -12.9. The van der Waals surface area contributed by atoms with Gasteiger partial charge in [-0.3, -0.25) is 38.6 Å². The summed E-state index contributed by atoms with van der Waals surface area (Å²) in [7, 11) is 0. The van der Waals surface area contributed by atoms with Crippen molar-refractivity contribution in [3.63, 3.8) is 0 Å². The molecule has 13 aromatic rings. The van der Waals surface area contributed by atoms with E-state index in [1.807, 2.05) is 98.8 Å². The van der Waals surface area contributed by atoms with Gasteiger partial charge in [0.05, 0.1) is 60.2 Å². The molecule has 22 heteroatoms. The lowest BCUT2D eigenvalue weighted by molar-refractivity contribution is -0.123. The Morgan fingerprint density at radius 2 is 0.723 bits per heavy atom. The lowest BCUT2D eigenvalue weighted by Gasteiger charge is -2.37. The molecule has 2 N–H and O–H groups in total. The number of para-hydroxylation sites is 4. The number of carbonyl (C=O) groups excluding carboxylic acids is 6. The van der Waals surface area contributed by atoms with Crippen molar-refractivity contribution in [2.24, 2.45) is 0 Å². The molecule has 4 unspecified atom stereocenters. The quantitative estimate of drug-likeness (QED) is 0.0125. The number of imide groups is 2. The third-order valence-electron chi connectivity index (χ3n) is 20.6. The monoisotopic (exact) mass is 1500 g/mol. The highest BCUT2D eigenvalue weighted by Crippen LogP contribution is 2.58. The van der Waals surface area contributed by atoms with Gasteiger partial charge >= 0.3 is 0 Å². The van der Waals surface area contributed by atoms with Gasteiger partial charge in [0.25, 0.3) is 23.6 Å². The van der Waals surface area contributed by atoms with Crippen molar-refractivity contribution in [1.82, 2.24) is 9.80 Å². The molecular formula is C90H78N6O16. The summed E-state index contributed by atoms with van der Waals surface area (Å²) < 4.78 is 63.5. The van der Waals surface area contributed by atoms with Crippen molar-refractivity contribution in [2.45, 2.75) is 63.8 Å². The Labute approximate surface area is 644 Å². The average molecular weight is 1500 g/mol. The number of nitrogens with zero attached hydrogens (tertiary/aromatic N) is 4. The Balaban J connectivity index is 0.907. The van der Waals surface area contributed by atoms with E-state index in [-0.39, 0.29) is 166 Å². The average Bonchev–Trinajstić information content (AvgIpc) is 0.897. The van der Waals surface area contributed by atoms with Crippen molar-refractivity contribution >= 4 is 101 Å². The Bertz CT molecular complexity index is 5070. The second-order valence-corrected chi connectivity index (χ2v) is 27.7. The number of hydrogen-bond donors (Lipinski definition) is 2. The molecule has 11 aromatic carbocycles. The van der Waals surface area contributed by atoms with Gasteiger partial charge in [-0.25, -0.2) is 0 Å². The minimum Gasteiger partial charge on any atom is -0.469 e. The number of nitrogens with one attached hydrogen (secondary N) is 2. The van der Waals surface area contributed by atoms with Gasteiger partial charge in [-0.05, 0) is 159 Å². The molecule has 2 saturated heterocycles. The summed E-state index contributed by atoms with van der Waals surface area (Å²) in [6, 6.07) is 61.2. The number of epoxide rings is 2. The fourth-order valence-corrected chi connectivity index (χ4v) is 15.1. The lowest BCUT2D eigenvalue weighted by Crippen LogP contribution is -2.55. The molecule has 564 valence electrons. The first-order valence-corrected chi connectivity index (χ1v) is 37.7. The number of furan rings is 2. The number of carbonyl (C=O) groups is 6. The summed E-state index contributed by atoms with van der Waals surface area (Å²) in [5, 5.41) is 8.77. The van der Waals surface area contributed by atoms with E-state index in [2.05, 4.69) is 10.6 Å². The molecule has 4 atom stereocenters. The maximum absolute atomic E-state index is 16.7. The van der Waals surface area contributed by atoms with Gasteiger partial charge in [0.15, 0.2) is 0 Å². The number of anilines is 4. The number of benzene rings is 11. The van der Waals surface area contributed by atoms with E-state index < -0.39 is 47.5 Å². The molecule has 22 nitrogen and oxygen atoms in total. The predicted molar refractivity (Wildman–Crippen MR) is 423 cm³/mol. The first-order valence-electron chi connectivity index (χ1n) is 37.7. The summed E-state index contributed by atoms with van der Waals surface area (Å²) in [6.07, 6.45) is 3.68. The van der Waals surface area contributed by atoms with Crippen LogP contribution in [0.5, 0.6) is 46.0 Å². The lowest BCUT2D eigenvalue weighted by atomic mass is 9.80. The van der Waals surface area contributed by atoms with Crippen LogP contribution in [-0.2, 0) is 41.4 Å². The van der Waals surface area contributed by atoms with Gasteiger partial charge in [-0.15, -0.1) is 0 Å². The van der Waals surface area contributed by atoms with Gasteiger partial charge in [0.1, 0.15) is 69.6 Å². The van der Waals surface area contributed by atoms with E-state index in [9.17, 15) is 0 Å². The van der Waals surface area contributed by atoms with Gasteiger partial charge in [0, 0.05) is 144 Å². The van der Waals surface area contributed by atoms with E-state index in [4.69, 9.17) is 46.7 Å². The Morgan fingerprint density at radius 1 is 0.411 bits per heavy atom. The van der Waals surface area contributed by atoms with E-state index in [1.54, 1.807) is 156 Å². The van der Waals surface area contributed by atoms with Crippen LogP contribution in [0, 0.1) is 0 Å². The van der Waals surface area contributed by atoms with Gasteiger partial charge in [0.2, 0.25) is 11.8 Å². The zero-order valence-electron chi connectivity index (χ0n) is 61.5. The van der Waals surface area contributed by atoms with Gasteiger partial charge in [-0.2, -0.15) is 0 Å². The normalized spacial score (nSPS) is 15.4. The summed E-state index contributed by atoms with van der Waals surface area (Å²) in [5.74, 6) is -1.55. The van der Waals surface area contributed by atoms with Crippen LogP contribution in [0.1, 0.15) is 79.6 Å². The zero-order chi connectivity index (χ0) is 76.3. The fourth-order valence-electron chi connectivity index (χ4n) is 15.1. The summed E-state index contributed by atoms with van der Waals surface area (Å²) in [5.41, 5.74) is 2.56. The van der Waals surface area contributed by atoms with Crippen LogP contribution in [-0.4, -0.2) is 135 Å². The second kappa shape index (κ2) is 31.6. The van der Waals surface area contributed by atoms with Crippen LogP contribution in [0.3, 0.4) is 0 Å². The number of amides is 6. The molecule has 2 aromatic heterocycles. The van der Waals surface area contributed by atoms with E-state index in [0.717, 1.165) is 21.2 Å². The minimum atomic E-state index is -1.48. The maximum atomic E-state index is 16.7. The molecule has 4 aliphatic rings. The fraction of sp³-hybridized carbons (Fsp3) is 0.222. The van der Waals surface area contributed by atoms with Crippen LogP contribution >= 0.6 is 0 Å². The molecule has 0 spiro atoms. The highest BCUT2D eigenvalue weighted by atomic mass is 16.6. The van der Waals surface area contributed by atoms with Crippen LogP contribution in [0.2, 0.25) is 0 Å². The molecule has 0 aliphatic carbocycles. The molecule has 6 heterocycles. The standard InChI is InChI=1S/C90H78N6O16/c1-3-103-45-39-71(89(101)93(41-37-59-27-17-43-105-59)57-33-29-55(30-34-57)91-51-65-53-107-65)95-85(97)67-47-73(109-61-19-9-5-10-20-61)79-81-75(111-63-23-13-7-14-24-63)49-69-78-70(50-76(112-64-25-15-8-16-26-64)82(84(78)81)80-74(110-62-21-11-6-12-22-62)48-68(86(95)98)77(67)83(79)80)88(100)96(87(69)99)72(40-46-104-4-2)90(102)94(42-38-60-28-18-44-106-60)58-35-31-56(32-36-58)92-52-66-54-108-66/h5-36,43-44,47-50,65-66,71-72,91-92H,3-4,37-42,45-46,51-54H2,1-2H3. The third-order valence-corrected chi connectivity index (χ3v) is 20.6. The highest BCUT2D eigenvalue weighted by Gasteiger charge is 2.48. The maximum Gasteiger partial charge on any atom is 0.262 e. The van der Waals surface area contributed by atoms with Crippen LogP contribution < -0.4 is 39.4 Å². The molecule has 0 radical (unpaired) electrons. The Morgan fingerprint density at radius 3 is 1.00 bits per heavy atom. The van der Waals surface area contributed by atoms with Crippen molar-refractivity contribution < 1.29 is 75.5 Å². The summed E-state index contributed by atoms with van der Waals surface area (Å²) in [6.45, 7) is 6.88. The van der Waals surface area contributed by atoms with Crippen LogP contribution in [0.4, 0.5) is 22.7 Å². The van der Waals surface area contributed by atoms with Crippen molar-refractivity contribution in [3.8, 4) is 46.0 Å². The molecule has 17 rings (SSSR count). The predicted octanol–water partition coefficient (Wildman–Crippen LogP) is 17.0. The third kappa shape index (κ3) is 14.5. The number of hydrogen-bond acceptors (Lipinski definition) is 18. The van der Waals surface area contributed by atoms with E-state index >= 15 is 28.8 Å². The largest absolute Gasteiger partial charge is 0.469 e. The number of rotatable bonds is 34. The highest BCUT2D eigenvalue weighted by molar-refractivity contribution is 6.45. The van der Waals surface area contributed by atoms with Crippen LogP contribution in [0.25, 0.3) is 43.1 Å². The zero-order valence-corrected chi connectivity index (χ0v) is 61.5. The molecule has 0 saturated carbocycles. The first kappa shape index (κ1) is 72.0. The Kier molecular flexibility index (Phi) is 20.3. The van der Waals surface area contributed by atoms with E-state index in [0.29, 0.717) is 72.2 Å². The topological polar surface area (TPSA) is 246 Å². The summed E-state index contributed by atoms with van der Waals surface area (Å²) in [4.78, 5) is 105. The minimum absolute atomic E-state index is 0.0124. The molecular weight excluding hydrogens is 1420 g/mol. The summed E-state index contributed by atoms with van der Waals surface area (Å²) >= 11 is 0. The van der Waals surface area contributed by atoms with Crippen molar-refractivity contribution in [2.75, 3.05) is 86.3 Å². The van der Waals surface area contributed by atoms with Gasteiger partial charge < -0.3 is 67.2 Å². The SMILES string of the molecule is CCOCCC(C(=O)N(CCc1ccco1)c1ccc(NCC2CO2)cc1)N1C(=O)c2cc(Oc3ccccc3)c3c4c(Oc5ccccc5)cc5c6c(cc(Oc7ccccc7)c(c7c(Oc8ccccc8)cc(c2c37)C1=O)c64)C(=O)N(C(CCOCC)C(=O)N(CCc1ccco1)c1ccc(NCC2CO2)cc1)C5=O. The molecule has 4 aliphatic heterocycles. The molecule has 2 fully saturated rings. The second-order valence-electron chi connectivity index (χ2n) is 27.7. The molecule has 0 bridgehead atoms. The van der Waals surface area contributed by atoms with Crippen molar-refractivity contribution in [3.05, 3.63) is 265 Å². The van der Waals surface area contributed by atoms with Gasteiger partial charge in [-0.1, -0.05) is 72.8 Å². The number of fused-ring (bicyclic) bond motifs is 2.